The second kappa shape index (κ2) is 7.77. The molecule has 2 N–H and O–H groups in total. The van der Waals surface area contributed by atoms with Gasteiger partial charge in [0.2, 0.25) is 0 Å². The molecule has 1 aliphatic rings. The Hall–Kier alpha value is -2.35. The maximum absolute atomic E-state index is 12.4. The van der Waals surface area contributed by atoms with Crippen LogP contribution >= 0.6 is 0 Å². The molecule has 8 nitrogen and oxygen atoms in total. The smallest absolute Gasteiger partial charge is 0.286 e. The van der Waals surface area contributed by atoms with Gasteiger partial charge in [0.25, 0.3) is 11.6 Å². The molecule has 1 atom stereocenters. The lowest BCUT2D eigenvalue weighted by Crippen LogP contribution is -2.45. The summed E-state index contributed by atoms with van der Waals surface area (Å²) in [4.78, 5) is 23.1. The fraction of sp³-hybridized carbons (Fsp3) is 0.533. The summed E-state index contributed by atoms with van der Waals surface area (Å²) in [6.07, 6.45) is 1.81. The third kappa shape index (κ3) is 4.10. The van der Waals surface area contributed by atoms with Crippen molar-refractivity contribution < 1.29 is 19.2 Å². The van der Waals surface area contributed by atoms with Crippen LogP contribution in [0, 0.1) is 10.1 Å². The number of ether oxygens (including phenoxy) is 2. The quantitative estimate of drug-likeness (QED) is 0.607. The van der Waals surface area contributed by atoms with E-state index in [9.17, 15) is 14.9 Å². The van der Waals surface area contributed by atoms with E-state index in [1.54, 1.807) is 6.92 Å². The molecule has 0 bridgehead atoms. The number of amides is 1. The summed E-state index contributed by atoms with van der Waals surface area (Å²) in [5.74, 6) is 0.0636. The molecule has 1 saturated heterocycles. The van der Waals surface area contributed by atoms with Crippen LogP contribution in [0.4, 0.5) is 5.69 Å². The van der Waals surface area contributed by atoms with E-state index in [0.29, 0.717) is 18.9 Å². The molecule has 2 rings (SSSR count). The fourth-order valence-corrected chi connectivity index (χ4v) is 2.55. The lowest BCUT2D eigenvalue weighted by molar-refractivity contribution is -0.385. The second-order valence-corrected chi connectivity index (χ2v) is 5.23. The van der Waals surface area contributed by atoms with Crippen LogP contribution in [0.1, 0.15) is 30.1 Å². The molecule has 23 heavy (non-hydrogen) atoms. The van der Waals surface area contributed by atoms with Crippen molar-refractivity contribution in [2.45, 2.75) is 25.8 Å². The van der Waals surface area contributed by atoms with E-state index in [-0.39, 0.29) is 23.0 Å². The highest BCUT2D eigenvalue weighted by Gasteiger charge is 2.26. The third-order valence-corrected chi connectivity index (χ3v) is 3.66. The van der Waals surface area contributed by atoms with Gasteiger partial charge in [-0.1, -0.05) is 0 Å². The molecule has 0 unspecified atom stereocenters. The number of hydrogen-bond donors (Lipinski definition) is 2. The molecular formula is C15H21N3O5. The second-order valence-electron chi connectivity index (χ2n) is 5.23. The first-order chi connectivity index (χ1) is 11.1. The molecule has 126 valence electrons. The first-order valence-corrected chi connectivity index (χ1v) is 7.57. The van der Waals surface area contributed by atoms with Gasteiger partial charge in [-0.15, -0.1) is 0 Å². The van der Waals surface area contributed by atoms with Crippen molar-refractivity contribution in [2.75, 3.05) is 26.8 Å². The van der Waals surface area contributed by atoms with Crippen LogP contribution in [0.15, 0.2) is 12.1 Å². The van der Waals surface area contributed by atoms with Gasteiger partial charge in [-0.2, -0.15) is 0 Å². The fourth-order valence-electron chi connectivity index (χ4n) is 2.55. The number of hydrogen-bond acceptors (Lipinski definition) is 6. The van der Waals surface area contributed by atoms with Gasteiger partial charge in [-0.3, -0.25) is 14.9 Å². The summed E-state index contributed by atoms with van der Waals surface area (Å²) in [5, 5.41) is 17.3. The summed E-state index contributed by atoms with van der Waals surface area (Å²) >= 11 is 0. The molecule has 8 heteroatoms. The van der Waals surface area contributed by atoms with Crippen molar-refractivity contribution in [3.8, 4) is 11.5 Å². The molecule has 1 heterocycles. The van der Waals surface area contributed by atoms with Gasteiger partial charge >= 0.3 is 0 Å². The van der Waals surface area contributed by atoms with Crippen LogP contribution in [0.25, 0.3) is 0 Å². The number of benzene rings is 1. The lowest BCUT2D eigenvalue weighted by Gasteiger charge is -2.23. The molecule has 1 amide bonds. The van der Waals surface area contributed by atoms with Crippen LogP contribution in [0.2, 0.25) is 0 Å². The Kier molecular flexibility index (Phi) is 5.75. The van der Waals surface area contributed by atoms with Crippen molar-refractivity contribution in [2.24, 2.45) is 0 Å². The van der Waals surface area contributed by atoms with Crippen molar-refractivity contribution >= 4 is 11.6 Å². The molecular weight excluding hydrogens is 302 g/mol. The number of nitro benzene ring substituents is 1. The Morgan fingerprint density at radius 3 is 2.83 bits per heavy atom. The average molecular weight is 323 g/mol. The molecule has 0 saturated carbocycles. The molecule has 0 radical (unpaired) electrons. The van der Waals surface area contributed by atoms with Crippen molar-refractivity contribution in [3.63, 3.8) is 0 Å². The zero-order chi connectivity index (χ0) is 16.8. The van der Waals surface area contributed by atoms with Gasteiger partial charge in [0.1, 0.15) is 5.56 Å². The van der Waals surface area contributed by atoms with Gasteiger partial charge in [-0.05, 0) is 26.3 Å². The van der Waals surface area contributed by atoms with E-state index < -0.39 is 10.8 Å². The zero-order valence-corrected chi connectivity index (χ0v) is 13.3. The molecule has 0 aliphatic carbocycles. The van der Waals surface area contributed by atoms with E-state index in [1.165, 1.54) is 19.2 Å². The molecule has 1 aliphatic heterocycles. The maximum atomic E-state index is 12.4. The van der Waals surface area contributed by atoms with Crippen LogP contribution in [-0.4, -0.2) is 43.7 Å². The van der Waals surface area contributed by atoms with Gasteiger partial charge in [0, 0.05) is 18.7 Å². The summed E-state index contributed by atoms with van der Waals surface area (Å²) in [6, 6.07) is 2.55. The minimum Gasteiger partial charge on any atom is -0.493 e. The van der Waals surface area contributed by atoms with Gasteiger partial charge < -0.3 is 20.1 Å². The predicted octanol–water partition coefficient (Wildman–Crippen LogP) is 1.48. The topological polar surface area (TPSA) is 103 Å². The minimum atomic E-state index is -0.587. The van der Waals surface area contributed by atoms with E-state index in [1.807, 2.05) is 0 Å². The molecule has 1 fully saturated rings. The third-order valence-electron chi connectivity index (χ3n) is 3.66. The standard InChI is InChI=1S/C15H21N3O5/c1-3-23-14-8-12(18(20)21)11(7-13(14)22-2)15(19)17-10-5-4-6-16-9-10/h7-8,10,16H,3-6,9H2,1-2H3,(H,17,19)/t10-/m0/s1. The Morgan fingerprint density at radius 2 is 2.26 bits per heavy atom. The van der Waals surface area contributed by atoms with E-state index >= 15 is 0 Å². The summed E-state index contributed by atoms with van der Waals surface area (Å²) < 4.78 is 10.5. The zero-order valence-electron chi connectivity index (χ0n) is 13.3. The number of nitrogens with zero attached hydrogens (tertiary/aromatic N) is 1. The van der Waals surface area contributed by atoms with E-state index in [2.05, 4.69) is 10.6 Å². The number of carbonyl (C=O) groups excluding carboxylic acids is 1. The normalized spacial score (nSPS) is 17.4. The Morgan fingerprint density at radius 1 is 1.48 bits per heavy atom. The van der Waals surface area contributed by atoms with Crippen LogP contribution in [0.5, 0.6) is 11.5 Å². The molecule has 0 spiro atoms. The lowest BCUT2D eigenvalue weighted by atomic mass is 10.1. The highest BCUT2D eigenvalue weighted by molar-refractivity contribution is 5.99. The minimum absolute atomic E-state index is 0.0270. The van der Waals surface area contributed by atoms with Gasteiger partial charge in [0.05, 0.1) is 24.7 Å². The summed E-state index contributed by atoms with van der Waals surface area (Å²) in [5.41, 5.74) is -0.323. The predicted molar refractivity (Wildman–Crippen MR) is 84.2 cm³/mol. The van der Waals surface area contributed by atoms with Crippen molar-refractivity contribution in [3.05, 3.63) is 27.8 Å². The highest BCUT2D eigenvalue weighted by atomic mass is 16.6. The first-order valence-electron chi connectivity index (χ1n) is 7.57. The number of methoxy groups -OCH3 is 1. The molecule has 1 aromatic rings. The van der Waals surface area contributed by atoms with E-state index in [4.69, 9.17) is 9.47 Å². The van der Waals surface area contributed by atoms with Crippen LogP contribution in [-0.2, 0) is 0 Å². The highest BCUT2D eigenvalue weighted by Crippen LogP contribution is 2.34. The largest absolute Gasteiger partial charge is 0.493 e. The molecule has 1 aromatic carbocycles. The monoisotopic (exact) mass is 323 g/mol. The van der Waals surface area contributed by atoms with Crippen molar-refractivity contribution in [1.29, 1.82) is 0 Å². The molecule has 0 aromatic heterocycles. The van der Waals surface area contributed by atoms with E-state index in [0.717, 1.165) is 19.4 Å². The number of nitrogens with one attached hydrogen (secondary N) is 2. The SMILES string of the molecule is CCOc1cc([N+](=O)[O-])c(C(=O)N[C@H]2CCCNC2)cc1OC. The average Bonchev–Trinajstić information content (AvgIpc) is 2.55. The van der Waals surface area contributed by atoms with Gasteiger partial charge in [0.15, 0.2) is 11.5 Å². The first kappa shape index (κ1) is 17.0. The summed E-state index contributed by atoms with van der Waals surface area (Å²) in [7, 11) is 1.43. The Balaban J connectivity index is 2.30. The van der Waals surface area contributed by atoms with Crippen molar-refractivity contribution in [1.82, 2.24) is 10.6 Å². The maximum Gasteiger partial charge on any atom is 0.286 e. The number of rotatable bonds is 6. The summed E-state index contributed by atoms with van der Waals surface area (Å²) in [6.45, 7) is 3.69. The van der Waals surface area contributed by atoms with Crippen LogP contribution < -0.4 is 20.1 Å². The number of piperidine rings is 1. The number of nitro groups is 1. The number of carbonyl (C=O) groups is 1. The Bertz CT molecular complexity index is 585. The Labute approximate surface area is 134 Å². The van der Waals surface area contributed by atoms with Gasteiger partial charge in [-0.25, -0.2) is 0 Å². The van der Waals surface area contributed by atoms with Crippen LogP contribution in [0.3, 0.4) is 0 Å².